The minimum atomic E-state index is -0.451. The van der Waals surface area contributed by atoms with Gasteiger partial charge in [0.05, 0.1) is 23.4 Å². The van der Waals surface area contributed by atoms with Crippen molar-refractivity contribution in [1.82, 2.24) is 5.32 Å². The Labute approximate surface area is 151 Å². The van der Waals surface area contributed by atoms with E-state index >= 15 is 0 Å². The average molecular weight is 350 g/mol. The molecule has 132 valence electrons. The molecule has 3 amide bonds. The second-order valence-corrected chi connectivity index (χ2v) is 5.63. The lowest BCUT2D eigenvalue weighted by atomic mass is 10.1. The first-order chi connectivity index (χ1) is 12.6. The fourth-order valence-electron chi connectivity index (χ4n) is 2.74. The summed E-state index contributed by atoms with van der Waals surface area (Å²) in [7, 11) is 0. The fraction of sp³-hybridized carbons (Fsp3) is 0.150. The summed E-state index contributed by atoms with van der Waals surface area (Å²) in [6.45, 7) is 6.27. The van der Waals surface area contributed by atoms with Crippen LogP contribution in [-0.4, -0.2) is 30.9 Å². The number of rotatable bonds is 6. The third-order valence-corrected chi connectivity index (χ3v) is 3.96. The second kappa shape index (κ2) is 7.23. The van der Waals surface area contributed by atoms with Crippen LogP contribution in [0.5, 0.6) is 5.75 Å². The maximum Gasteiger partial charge on any atom is 0.266 e. The first kappa shape index (κ1) is 17.4. The van der Waals surface area contributed by atoms with Crippen LogP contribution in [-0.2, 0) is 0 Å². The van der Waals surface area contributed by atoms with Gasteiger partial charge >= 0.3 is 0 Å². The highest BCUT2D eigenvalue weighted by Crippen LogP contribution is 2.30. The van der Waals surface area contributed by atoms with Crippen LogP contribution in [0.4, 0.5) is 5.69 Å². The summed E-state index contributed by atoms with van der Waals surface area (Å²) in [5.74, 6) is -0.527. The number of imide groups is 1. The van der Waals surface area contributed by atoms with E-state index in [4.69, 9.17) is 4.74 Å². The minimum absolute atomic E-state index is 0.218. The van der Waals surface area contributed by atoms with Gasteiger partial charge in [0.25, 0.3) is 17.7 Å². The first-order valence-electron chi connectivity index (χ1n) is 8.21. The van der Waals surface area contributed by atoms with Crippen molar-refractivity contribution in [2.75, 3.05) is 18.1 Å². The lowest BCUT2D eigenvalue weighted by molar-refractivity contribution is 0.0924. The minimum Gasteiger partial charge on any atom is -0.494 e. The third-order valence-electron chi connectivity index (χ3n) is 3.96. The van der Waals surface area contributed by atoms with E-state index in [1.807, 2.05) is 6.92 Å². The Morgan fingerprint density at radius 1 is 1.12 bits per heavy atom. The number of nitrogens with zero attached hydrogens (tertiary/aromatic N) is 1. The predicted molar refractivity (Wildman–Crippen MR) is 97.7 cm³/mol. The van der Waals surface area contributed by atoms with E-state index in [-0.39, 0.29) is 17.0 Å². The zero-order valence-corrected chi connectivity index (χ0v) is 14.3. The van der Waals surface area contributed by atoms with E-state index in [2.05, 4.69) is 11.9 Å². The van der Waals surface area contributed by atoms with Gasteiger partial charge in [-0.2, -0.15) is 0 Å². The van der Waals surface area contributed by atoms with E-state index in [1.54, 1.807) is 30.3 Å². The third kappa shape index (κ3) is 3.09. The molecule has 3 rings (SSSR count). The van der Waals surface area contributed by atoms with Gasteiger partial charge in [-0.15, -0.1) is 6.58 Å². The fourth-order valence-corrected chi connectivity index (χ4v) is 2.74. The van der Waals surface area contributed by atoms with Crippen molar-refractivity contribution in [3.63, 3.8) is 0 Å². The Balaban J connectivity index is 1.89. The van der Waals surface area contributed by atoms with Gasteiger partial charge in [-0.25, -0.2) is 4.90 Å². The molecule has 1 N–H and O–H groups in total. The van der Waals surface area contributed by atoms with E-state index < -0.39 is 11.8 Å². The molecule has 0 saturated carbocycles. The van der Waals surface area contributed by atoms with Gasteiger partial charge in [0.15, 0.2) is 0 Å². The molecule has 0 saturated heterocycles. The molecule has 6 heteroatoms. The van der Waals surface area contributed by atoms with Gasteiger partial charge in [0.2, 0.25) is 0 Å². The van der Waals surface area contributed by atoms with Crippen LogP contribution >= 0.6 is 0 Å². The number of hydrogen-bond acceptors (Lipinski definition) is 4. The highest BCUT2D eigenvalue weighted by atomic mass is 16.5. The van der Waals surface area contributed by atoms with Crippen molar-refractivity contribution in [2.45, 2.75) is 6.92 Å². The van der Waals surface area contributed by atoms with Crippen molar-refractivity contribution in [3.8, 4) is 5.75 Å². The number of ether oxygens (including phenoxy) is 1. The number of amides is 3. The molecule has 2 aromatic carbocycles. The highest BCUT2D eigenvalue weighted by Gasteiger charge is 2.37. The standard InChI is InChI=1S/C20H18N2O4/c1-3-11-21-18(23)13-5-10-16-17(12-13)20(25)22(19(16)24)14-6-8-15(9-7-14)26-4-2/h3,5-10,12H,1,4,11H2,2H3,(H,21,23). The Kier molecular flexibility index (Phi) is 4.84. The van der Waals surface area contributed by atoms with Gasteiger partial charge in [0, 0.05) is 12.1 Å². The maximum atomic E-state index is 12.7. The van der Waals surface area contributed by atoms with E-state index in [0.717, 1.165) is 4.90 Å². The summed E-state index contributed by atoms with van der Waals surface area (Å²) in [5, 5.41) is 2.65. The van der Waals surface area contributed by atoms with Crippen molar-refractivity contribution >= 4 is 23.4 Å². The monoisotopic (exact) mass is 350 g/mol. The van der Waals surface area contributed by atoms with Gasteiger partial charge in [-0.1, -0.05) is 6.08 Å². The molecule has 6 nitrogen and oxygen atoms in total. The molecule has 1 aliphatic heterocycles. The summed E-state index contributed by atoms with van der Waals surface area (Å²) in [4.78, 5) is 38.5. The number of carbonyl (C=O) groups excluding carboxylic acids is 3. The van der Waals surface area contributed by atoms with Crippen molar-refractivity contribution in [3.05, 3.63) is 71.8 Å². The lowest BCUT2D eigenvalue weighted by Crippen LogP contribution is -2.29. The predicted octanol–water partition coefficient (Wildman–Crippen LogP) is 2.80. The SMILES string of the molecule is C=CCNC(=O)c1ccc2c(c1)C(=O)N(c1ccc(OCC)cc1)C2=O. The molecule has 0 radical (unpaired) electrons. The van der Waals surface area contributed by atoms with Crippen LogP contribution < -0.4 is 15.0 Å². The number of fused-ring (bicyclic) bond motifs is 1. The van der Waals surface area contributed by atoms with E-state index in [0.29, 0.717) is 30.2 Å². The normalized spacial score (nSPS) is 12.7. The molecule has 0 spiro atoms. The molecule has 1 aliphatic rings. The number of anilines is 1. The molecular weight excluding hydrogens is 332 g/mol. The summed E-state index contributed by atoms with van der Waals surface area (Å²) in [6, 6.07) is 11.2. The molecular formula is C20H18N2O4. The maximum absolute atomic E-state index is 12.7. The van der Waals surface area contributed by atoms with E-state index in [1.165, 1.54) is 18.2 Å². The molecule has 0 bridgehead atoms. The number of nitrogens with one attached hydrogen (secondary N) is 1. The summed E-state index contributed by atoms with van der Waals surface area (Å²) in [5.41, 5.74) is 1.27. The largest absolute Gasteiger partial charge is 0.494 e. The zero-order chi connectivity index (χ0) is 18.7. The molecule has 0 fully saturated rings. The van der Waals surface area contributed by atoms with Crippen LogP contribution in [0.1, 0.15) is 38.0 Å². The molecule has 0 atom stereocenters. The van der Waals surface area contributed by atoms with Crippen LogP contribution in [0.25, 0.3) is 0 Å². The highest BCUT2D eigenvalue weighted by molar-refractivity contribution is 6.34. The zero-order valence-electron chi connectivity index (χ0n) is 14.3. The Morgan fingerprint density at radius 2 is 1.81 bits per heavy atom. The molecule has 0 aromatic heterocycles. The topological polar surface area (TPSA) is 75.7 Å². The van der Waals surface area contributed by atoms with Crippen LogP contribution in [0.15, 0.2) is 55.1 Å². The Morgan fingerprint density at radius 3 is 2.46 bits per heavy atom. The van der Waals surface area contributed by atoms with Crippen LogP contribution in [0, 0.1) is 0 Å². The number of hydrogen-bond donors (Lipinski definition) is 1. The molecule has 2 aromatic rings. The molecule has 1 heterocycles. The molecule has 26 heavy (non-hydrogen) atoms. The van der Waals surface area contributed by atoms with Gasteiger partial charge in [-0.3, -0.25) is 14.4 Å². The number of carbonyl (C=O) groups is 3. The van der Waals surface area contributed by atoms with Gasteiger partial charge in [0.1, 0.15) is 5.75 Å². The smallest absolute Gasteiger partial charge is 0.266 e. The summed E-state index contributed by atoms with van der Waals surface area (Å²) >= 11 is 0. The van der Waals surface area contributed by atoms with Crippen molar-refractivity contribution in [2.24, 2.45) is 0 Å². The van der Waals surface area contributed by atoms with Crippen LogP contribution in [0.3, 0.4) is 0 Å². The molecule has 0 aliphatic carbocycles. The molecule has 0 unspecified atom stereocenters. The van der Waals surface area contributed by atoms with Crippen LogP contribution in [0.2, 0.25) is 0 Å². The second-order valence-electron chi connectivity index (χ2n) is 5.63. The summed E-state index contributed by atoms with van der Waals surface area (Å²) in [6.07, 6.45) is 1.56. The Hall–Kier alpha value is -3.41. The van der Waals surface area contributed by atoms with Gasteiger partial charge < -0.3 is 10.1 Å². The van der Waals surface area contributed by atoms with Crippen molar-refractivity contribution < 1.29 is 19.1 Å². The first-order valence-corrected chi connectivity index (χ1v) is 8.21. The quantitative estimate of drug-likeness (QED) is 0.642. The van der Waals surface area contributed by atoms with E-state index in [9.17, 15) is 14.4 Å². The van der Waals surface area contributed by atoms with Gasteiger partial charge in [-0.05, 0) is 49.4 Å². The average Bonchev–Trinajstić information content (AvgIpc) is 2.91. The number of benzene rings is 2. The van der Waals surface area contributed by atoms with Crippen molar-refractivity contribution in [1.29, 1.82) is 0 Å². The summed E-state index contributed by atoms with van der Waals surface area (Å²) < 4.78 is 5.37. The Bertz CT molecular complexity index is 887. The lowest BCUT2D eigenvalue weighted by Gasteiger charge is -2.14.